The highest BCUT2D eigenvalue weighted by atomic mass is 79.9. The number of hydrogen-bond acceptors (Lipinski definition) is 7. The number of benzene rings is 1. The third-order valence-electron chi connectivity index (χ3n) is 4.68. The maximum absolute atomic E-state index is 13.9. The average Bonchev–Trinajstić information content (AvgIpc) is 3.28. The number of aromatic nitrogens is 4. The lowest BCUT2D eigenvalue weighted by Crippen LogP contribution is -2.11. The number of carbonyl (C=O) groups excluding carboxylic acids is 2. The van der Waals surface area contributed by atoms with Crippen LogP contribution in [0, 0.1) is 5.82 Å². The van der Waals surface area contributed by atoms with Crippen molar-refractivity contribution in [1.29, 1.82) is 0 Å². The van der Waals surface area contributed by atoms with Crippen molar-refractivity contribution in [2.75, 3.05) is 19.0 Å². The summed E-state index contributed by atoms with van der Waals surface area (Å²) in [5.74, 6) is -0.0398. The number of nitrogens with one attached hydrogen (secondary N) is 1. The molecule has 11 heteroatoms. The van der Waals surface area contributed by atoms with Crippen LogP contribution in [0.1, 0.15) is 36.2 Å². The molecule has 0 spiro atoms. The van der Waals surface area contributed by atoms with E-state index in [1.165, 1.54) is 13.2 Å². The van der Waals surface area contributed by atoms with E-state index < -0.39 is 11.8 Å². The molecule has 0 bridgehead atoms. The van der Waals surface area contributed by atoms with E-state index in [0.717, 1.165) is 6.07 Å². The zero-order valence-electron chi connectivity index (χ0n) is 17.4. The van der Waals surface area contributed by atoms with Crippen LogP contribution in [0.4, 0.5) is 10.2 Å². The second-order valence-electron chi connectivity index (χ2n) is 6.83. The van der Waals surface area contributed by atoms with Gasteiger partial charge in [-0.1, -0.05) is 6.07 Å². The molecule has 3 aromatic rings. The van der Waals surface area contributed by atoms with Gasteiger partial charge in [0.1, 0.15) is 35.0 Å². The van der Waals surface area contributed by atoms with Gasteiger partial charge in [-0.3, -0.25) is 4.79 Å². The summed E-state index contributed by atoms with van der Waals surface area (Å²) in [6.07, 6.45) is 3.49. The summed E-state index contributed by atoms with van der Waals surface area (Å²) < 4.78 is 26.3. The second-order valence-corrected chi connectivity index (χ2v) is 7.68. The Morgan fingerprint density at radius 2 is 2.19 bits per heavy atom. The number of anilines is 1. The van der Waals surface area contributed by atoms with Crippen LogP contribution in [0.5, 0.6) is 5.75 Å². The summed E-state index contributed by atoms with van der Waals surface area (Å²) in [4.78, 5) is 27.0. The molecule has 0 saturated carbocycles. The Kier molecular flexibility index (Phi) is 7.87. The molecule has 0 unspecified atom stereocenters. The Morgan fingerprint density at radius 1 is 1.38 bits per heavy atom. The molecule has 1 aromatic carbocycles. The van der Waals surface area contributed by atoms with Crippen LogP contribution in [0.15, 0.2) is 41.1 Å². The maximum Gasteiger partial charge on any atom is 0.341 e. The van der Waals surface area contributed by atoms with Crippen molar-refractivity contribution in [3.05, 3.63) is 52.5 Å². The third kappa shape index (κ3) is 5.47. The van der Waals surface area contributed by atoms with Gasteiger partial charge in [0.15, 0.2) is 5.82 Å². The highest BCUT2D eigenvalue weighted by Gasteiger charge is 2.18. The average molecular weight is 506 g/mol. The highest BCUT2D eigenvalue weighted by Crippen LogP contribution is 2.28. The van der Waals surface area contributed by atoms with Crippen molar-refractivity contribution in [2.24, 2.45) is 0 Å². The van der Waals surface area contributed by atoms with Gasteiger partial charge in [-0.05, 0) is 53.9 Å². The number of halogens is 2. The van der Waals surface area contributed by atoms with Gasteiger partial charge in [0, 0.05) is 12.1 Å². The largest absolute Gasteiger partial charge is 0.493 e. The lowest BCUT2D eigenvalue weighted by molar-refractivity contribution is -0.105. The van der Waals surface area contributed by atoms with Crippen LogP contribution in [-0.4, -0.2) is 45.8 Å². The van der Waals surface area contributed by atoms with Crippen LogP contribution in [-0.2, 0) is 9.53 Å². The summed E-state index contributed by atoms with van der Waals surface area (Å²) in [6, 6.07) is 7.72. The minimum Gasteiger partial charge on any atom is -0.493 e. The lowest BCUT2D eigenvalue weighted by Gasteiger charge is -2.16. The molecule has 0 aliphatic rings. The molecule has 0 aliphatic carbocycles. The van der Waals surface area contributed by atoms with E-state index in [1.807, 2.05) is 11.5 Å². The molecule has 0 fully saturated rings. The zero-order chi connectivity index (χ0) is 23.1. The fourth-order valence-electron chi connectivity index (χ4n) is 3.07. The van der Waals surface area contributed by atoms with Gasteiger partial charge in [-0.25, -0.2) is 14.2 Å². The smallest absolute Gasteiger partial charge is 0.341 e. The first-order chi connectivity index (χ1) is 15.4. The number of rotatable bonds is 10. The first-order valence-corrected chi connectivity index (χ1v) is 10.5. The number of ether oxygens (including phenoxy) is 2. The first-order valence-electron chi connectivity index (χ1n) is 9.71. The fourth-order valence-corrected chi connectivity index (χ4v) is 3.41. The molecule has 0 radical (unpaired) electrons. The summed E-state index contributed by atoms with van der Waals surface area (Å²) in [5, 5.41) is 10.6. The number of carbonyl (C=O) groups is 2. The van der Waals surface area contributed by atoms with Crippen molar-refractivity contribution in [1.82, 2.24) is 19.7 Å². The molecule has 3 rings (SSSR count). The first kappa shape index (κ1) is 23.3. The zero-order valence-corrected chi connectivity index (χ0v) is 19.0. The van der Waals surface area contributed by atoms with E-state index in [2.05, 4.69) is 36.4 Å². The highest BCUT2D eigenvalue weighted by molar-refractivity contribution is 9.10. The Labute approximate surface area is 192 Å². The molecule has 168 valence electrons. The Balaban J connectivity index is 1.64. The molecular weight excluding hydrogens is 485 g/mol. The van der Waals surface area contributed by atoms with Crippen molar-refractivity contribution in [3.8, 4) is 17.3 Å². The molecule has 1 atom stereocenters. The number of hydrogen-bond donors (Lipinski definition) is 1. The van der Waals surface area contributed by atoms with E-state index in [4.69, 9.17) is 9.47 Å². The summed E-state index contributed by atoms with van der Waals surface area (Å²) in [5.41, 5.74) is 0.718. The van der Waals surface area contributed by atoms with E-state index in [0.29, 0.717) is 36.6 Å². The minimum atomic E-state index is -0.609. The Bertz CT molecular complexity index is 1110. The van der Waals surface area contributed by atoms with Crippen molar-refractivity contribution in [2.45, 2.75) is 25.8 Å². The van der Waals surface area contributed by atoms with Gasteiger partial charge in [0.25, 0.3) is 0 Å². The topological polar surface area (TPSA) is 108 Å². The quantitative estimate of drug-likeness (QED) is 0.251. The van der Waals surface area contributed by atoms with Crippen LogP contribution < -0.4 is 10.1 Å². The molecule has 1 N–H and O–H groups in total. The molecule has 0 aliphatic heterocycles. The molecule has 1 amide bonds. The minimum absolute atomic E-state index is 0.00909. The normalized spacial score (nSPS) is 11.6. The van der Waals surface area contributed by atoms with Crippen LogP contribution in [0.3, 0.4) is 0 Å². The Morgan fingerprint density at radius 3 is 2.94 bits per heavy atom. The molecule has 0 saturated heterocycles. The molecule has 2 aromatic heterocycles. The summed E-state index contributed by atoms with van der Waals surface area (Å²) in [7, 11) is 1.25. The van der Waals surface area contributed by atoms with Gasteiger partial charge in [0.05, 0.1) is 18.2 Å². The Hall–Kier alpha value is -3.34. The summed E-state index contributed by atoms with van der Waals surface area (Å²) >= 11 is 3.06. The van der Waals surface area contributed by atoms with Crippen LogP contribution >= 0.6 is 15.9 Å². The predicted octanol–water partition coefficient (Wildman–Crippen LogP) is 4.02. The van der Waals surface area contributed by atoms with Gasteiger partial charge in [0.2, 0.25) is 6.41 Å². The standard InChI is InChI=1S/C21H21BrFN5O4/c1-13(28-11-25-27-20(28)17-6-3-7-19(26-17)24-12-29)5-4-8-32-18-10-16(23)15(22)9-14(18)21(30)31-2/h3,6-7,9-13H,4-5,8H2,1-2H3,(H,24,26,29)/t13-/m1/s1. The lowest BCUT2D eigenvalue weighted by atomic mass is 10.1. The van der Waals surface area contributed by atoms with Gasteiger partial charge >= 0.3 is 5.97 Å². The van der Waals surface area contributed by atoms with Gasteiger partial charge in [-0.2, -0.15) is 0 Å². The van der Waals surface area contributed by atoms with E-state index in [1.54, 1.807) is 24.5 Å². The van der Waals surface area contributed by atoms with E-state index in [-0.39, 0.29) is 28.4 Å². The van der Waals surface area contributed by atoms with Gasteiger partial charge in [-0.15, -0.1) is 10.2 Å². The van der Waals surface area contributed by atoms with Crippen LogP contribution in [0.25, 0.3) is 11.5 Å². The number of methoxy groups -OCH3 is 1. The predicted molar refractivity (Wildman–Crippen MR) is 118 cm³/mol. The monoisotopic (exact) mass is 505 g/mol. The van der Waals surface area contributed by atoms with Crippen molar-refractivity contribution >= 4 is 34.1 Å². The molecular formula is C21H21BrFN5O4. The van der Waals surface area contributed by atoms with Gasteiger partial charge < -0.3 is 19.4 Å². The van der Waals surface area contributed by atoms with Crippen molar-refractivity contribution < 1.29 is 23.5 Å². The third-order valence-corrected chi connectivity index (χ3v) is 5.29. The SMILES string of the molecule is COC(=O)c1cc(Br)c(F)cc1OCCC[C@@H](C)n1cnnc1-c1cccc(NC=O)n1. The van der Waals surface area contributed by atoms with Crippen molar-refractivity contribution in [3.63, 3.8) is 0 Å². The number of nitrogens with zero attached hydrogens (tertiary/aromatic N) is 4. The number of esters is 1. The summed E-state index contributed by atoms with van der Waals surface area (Å²) in [6.45, 7) is 2.27. The molecule has 2 heterocycles. The van der Waals surface area contributed by atoms with E-state index in [9.17, 15) is 14.0 Å². The second kappa shape index (κ2) is 10.8. The fraction of sp³-hybridized carbons (Fsp3) is 0.286. The number of pyridine rings is 1. The van der Waals surface area contributed by atoms with Crippen LogP contribution in [0.2, 0.25) is 0 Å². The maximum atomic E-state index is 13.9. The molecule has 32 heavy (non-hydrogen) atoms. The number of amides is 1. The molecule has 9 nitrogen and oxygen atoms in total. The van der Waals surface area contributed by atoms with E-state index >= 15 is 0 Å².